The molecule has 0 amide bonds. The fourth-order valence-corrected chi connectivity index (χ4v) is 4.05. The number of guanidine groups is 1. The van der Waals surface area contributed by atoms with Gasteiger partial charge in [0.2, 0.25) is 0 Å². The van der Waals surface area contributed by atoms with Gasteiger partial charge in [0.25, 0.3) is 0 Å². The van der Waals surface area contributed by atoms with Crippen LogP contribution in [-0.4, -0.2) is 56.9 Å². The van der Waals surface area contributed by atoms with Gasteiger partial charge in [-0.1, -0.05) is 24.3 Å². The minimum absolute atomic E-state index is 0. The maximum absolute atomic E-state index is 5.88. The van der Waals surface area contributed by atoms with Crippen molar-refractivity contribution in [3.05, 3.63) is 53.6 Å². The van der Waals surface area contributed by atoms with Crippen molar-refractivity contribution in [3.8, 4) is 11.5 Å². The monoisotopic (exact) mass is 568 g/mol. The number of aliphatic imine (C=N–C) groups is 1. The maximum atomic E-state index is 5.88. The molecule has 0 aliphatic carbocycles. The first kappa shape index (κ1) is 27.2. The Kier molecular flexibility index (Phi) is 11.2. The summed E-state index contributed by atoms with van der Waals surface area (Å²) in [5.74, 6) is 2.11. The SMILES string of the molecule is CCOc1ccc(NC(=NC)NCc2ccccc2CN2CC(C)OC(C)C2)cc1OC.I. The number of nitrogens with one attached hydrogen (secondary N) is 2. The summed E-state index contributed by atoms with van der Waals surface area (Å²) in [6.45, 7) is 10.3. The third kappa shape index (κ3) is 8.04. The van der Waals surface area contributed by atoms with Crippen molar-refractivity contribution < 1.29 is 14.2 Å². The van der Waals surface area contributed by atoms with Crippen LogP contribution in [0.3, 0.4) is 0 Å². The summed E-state index contributed by atoms with van der Waals surface area (Å²) < 4.78 is 16.9. The van der Waals surface area contributed by atoms with Gasteiger partial charge in [0.05, 0.1) is 25.9 Å². The van der Waals surface area contributed by atoms with E-state index in [-0.39, 0.29) is 36.2 Å². The summed E-state index contributed by atoms with van der Waals surface area (Å²) in [5, 5.41) is 6.76. The minimum atomic E-state index is 0. The number of morpholine rings is 1. The number of methoxy groups -OCH3 is 1. The highest BCUT2D eigenvalue weighted by Gasteiger charge is 2.22. The summed E-state index contributed by atoms with van der Waals surface area (Å²) in [5.41, 5.74) is 3.45. The van der Waals surface area contributed by atoms with Gasteiger partial charge in [-0.2, -0.15) is 0 Å². The standard InChI is InChI=1S/C25H36N4O3.HI/c1-6-31-23-12-11-22(13-24(23)30-5)28-25(26-4)27-14-20-9-7-8-10-21(20)17-29-15-18(2)32-19(3)16-29;/h7-13,18-19H,6,14-17H2,1-5H3,(H2,26,27,28);1H. The molecule has 1 fully saturated rings. The Morgan fingerprint density at radius 2 is 1.79 bits per heavy atom. The molecule has 7 nitrogen and oxygen atoms in total. The second kappa shape index (κ2) is 13.6. The van der Waals surface area contributed by atoms with Crippen LogP contribution < -0.4 is 20.1 Å². The van der Waals surface area contributed by atoms with E-state index in [1.54, 1.807) is 14.2 Å². The fourth-order valence-electron chi connectivity index (χ4n) is 4.05. The van der Waals surface area contributed by atoms with Gasteiger partial charge in [-0.05, 0) is 44.0 Å². The van der Waals surface area contributed by atoms with Crippen LogP contribution in [0.2, 0.25) is 0 Å². The Hall–Kier alpha value is -2.04. The fraction of sp³-hybridized carbons (Fsp3) is 0.480. The lowest BCUT2D eigenvalue weighted by Crippen LogP contribution is -2.45. The molecule has 182 valence electrons. The second-order valence-electron chi connectivity index (χ2n) is 8.07. The van der Waals surface area contributed by atoms with Crippen molar-refractivity contribution in [1.82, 2.24) is 10.2 Å². The molecule has 3 rings (SSSR count). The van der Waals surface area contributed by atoms with E-state index in [2.05, 4.69) is 58.6 Å². The van der Waals surface area contributed by atoms with Gasteiger partial charge in [-0.15, -0.1) is 24.0 Å². The molecule has 1 saturated heterocycles. The van der Waals surface area contributed by atoms with Crippen molar-refractivity contribution >= 4 is 35.6 Å². The summed E-state index contributed by atoms with van der Waals surface area (Å²) in [4.78, 5) is 6.84. The van der Waals surface area contributed by atoms with Gasteiger partial charge >= 0.3 is 0 Å². The zero-order chi connectivity index (χ0) is 22.9. The molecular formula is C25H37IN4O3. The Morgan fingerprint density at radius 3 is 2.42 bits per heavy atom. The molecule has 0 bridgehead atoms. The maximum Gasteiger partial charge on any atom is 0.195 e. The lowest BCUT2D eigenvalue weighted by Gasteiger charge is -2.35. The average Bonchev–Trinajstić information content (AvgIpc) is 2.78. The Bertz CT molecular complexity index is 899. The van der Waals surface area contributed by atoms with Gasteiger partial charge in [0.1, 0.15) is 0 Å². The second-order valence-corrected chi connectivity index (χ2v) is 8.07. The Balaban J connectivity index is 0.00000385. The Morgan fingerprint density at radius 1 is 1.09 bits per heavy atom. The Labute approximate surface area is 214 Å². The molecule has 1 heterocycles. The molecule has 2 unspecified atom stereocenters. The number of halogens is 1. The van der Waals surface area contributed by atoms with Gasteiger partial charge in [0.15, 0.2) is 17.5 Å². The summed E-state index contributed by atoms with van der Waals surface area (Å²) in [6, 6.07) is 14.3. The molecule has 1 aliphatic heterocycles. The molecular weight excluding hydrogens is 531 g/mol. The van der Waals surface area contributed by atoms with E-state index in [1.165, 1.54) is 11.1 Å². The van der Waals surface area contributed by atoms with Crippen molar-refractivity contribution in [2.45, 2.75) is 46.1 Å². The molecule has 2 aromatic carbocycles. The van der Waals surface area contributed by atoms with E-state index in [0.717, 1.165) is 31.1 Å². The van der Waals surface area contributed by atoms with Crippen LogP contribution in [0.25, 0.3) is 0 Å². The quantitative estimate of drug-likeness (QED) is 0.278. The molecule has 2 atom stereocenters. The number of hydrogen-bond acceptors (Lipinski definition) is 5. The van der Waals surface area contributed by atoms with Gasteiger partial charge in [-0.25, -0.2) is 0 Å². The van der Waals surface area contributed by atoms with Crippen LogP contribution in [-0.2, 0) is 17.8 Å². The first-order valence-electron chi connectivity index (χ1n) is 11.3. The molecule has 2 N–H and O–H groups in total. The summed E-state index contributed by atoms with van der Waals surface area (Å²) in [7, 11) is 3.41. The number of rotatable bonds is 8. The van der Waals surface area contributed by atoms with Crippen LogP contribution >= 0.6 is 24.0 Å². The number of nitrogens with zero attached hydrogens (tertiary/aromatic N) is 2. The lowest BCUT2D eigenvalue weighted by molar-refractivity contribution is -0.0705. The number of benzene rings is 2. The van der Waals surface area contributed by atoms with Crippen LogP contribution in [0.4, 0.5) is 5.69 Å². The molecule has 0 saturated carbocycles. The smallest absolute Gasteiger partial charge is 0.195 e. The van der Waals surface area contributed by atoms with Crippen LogP contribution in [0.5, 0.6) is 11.5 Å². The first-order chi connectivity index (χ1) is 15.5. The normalized spacial score (nSPS) is 18.9. The van der Waals surface area contributed by atoms with Crippen molar-refractivity contribution in [1.29, 1.82) is 0 Å². The minimum Gasteiger partial charge on any atom is -0.493 e. The van der Waals surface area contributed by atoms with Crippen molar-refractivity contribution in [3.63, 3.8) is 0 Å². The molecule has 1 aliphatic rings. The van der Waals surface area contributed by atoms with E-state index in [0.29, 0.717) is 24.9 Å². The predicted octanol–water partition coefficient (Wildman–Crippen LogP) is 4.51. The van der Waals surface area contributed by atoms with Crippen molar-refractivity contribution in [2.75, 3.05) is 39.2 Å². The van der Waals surface area contributed by atoms with E-state index in [9.17, 15) is 0 Å². The third-order valence-electron chi connectivity index (χ3n) is 5.40. The highest BCUT2D eigenvalue weighted by atomic mass is 127. The van der Waals surface area contributed by atoms with Crippen molar-refractivity contribution in [2.24, 2.45) is 4.99 Å². The zero-order valence-electron chi connectivity index (χ0n) is 20.3. The largest absolute Gasteiger partial charge is 0.493 e. The van der Waals surface area contributed by atoms with Gasteiger partial charge in [0, 0.05) is 45.0 Å². The topological polar surface area (TPSA) is 67.4 Å². The molecule has 33 heavy (non-hydrogen) atoms. The van der Waals surface area contributed by atoms with Gasteiger partial charge < -0.3 is 24.8 Å². The molecule has 0 radical (unpaired) electrons. The highest BCUT2D eigenvalue weighted by molar-refractivity contribution is 14.0. The molecule has 8 heteroatoms. The average molecular weight is 569 g/mol. The first-order valence-corrected chi connectivity index (χ1v) is 11.3. The van der Waals surface area contributed by atoms with Gasteiger partial charge in [-0.3, -0.25) is 9.89 Å². The predicted molar refractivity (Wildman–Crippen MR) is 145 cm³/mol. The highest BCUT2D eigenvalue weighted by Crippen LogP contribution is 2.30. The zero-order valence-corrected chi connectivity index (χ0v) is 22.6. The third-order valence-corrected chi connectivity index (χ3v) is 5.40. The number of anilines is 1. The molecule has 2 aromatic rings. The van der Waals surface area contributed by atoms with Crippen LogP contribution in [0.15, 0.2) is 47.5 Å². The number of hydrogen-bond donors (Lipinski definition) is 2. The number of ether oxygens (including phenoxy) is 3. The molecule has 0 aromatic heterocycles. The van der Waals surface area contributed by atoms with E-state index in [1.807, 2.05) is 25.1 Å². The summed E-state index contributed by atoms with van der Waals surface area (Å²) >= 11 is 0. The van der Waals surface area contributed by atoms with Crippen LogP contribution in [0.1, 0.15) is 31.9 Å². The molecule has 0 spiro atoms. The summed E-state index contributed by atoms with van der Waals surface area (Å²) in [6.07, 6.45) is 0.524. The van der Waals surface area contributed by atoms with E-state index >= 15 is 0 Å². The van der Waals surface area contributed by atoms with Crippen LogP contribution in [0, 0.1) is 0 Å². The van der Waals surface area contributed by atoms with E-state index in [4.69, 9.17) is 14.2 Å². The lowest BCUT2D eigenvalue weighted by atomic mass is 10.1. The van der Waals surface area contributed by atoms with E-state index < -0.39 is 0 Å².